The van der Waals surface area contributed by atoms with Gasteiger partial charge in [0.25, 0.3) is 0 Å². The Labute approximate surface area is 112 Å². The third kappa shape index (κ3) is 2.96. The molecule has 0 saturated carbocycles. The van der Waals surface area contributed by atoms with Crippen molar-refractivity contribution in [1.82, 2.24) is 0 Å². The van der Waals surface area contributed by atoms with Gasteiger partial charge in [0.05, 0.1) is 5.02 Å². The van der Waals surface area contributed by atoms with Crippen LogP contribution in [0.25, 0.3) is 0 Å². The van der Waals surface area contributed by atoms with E-state index in [1.54, 1.807) is 0 Å². The molecule has 0 saturated heterocycles. The van der Waals surface area contributed by atoms with Crippen LogP contribution in [0.3, 0.4) is 0 Å². The maximum Gasteiger partial charge on any atom is 0.168 e. The predicted octanol–water partition coefficient (Wildman–Crippen LogP) is 4.18. The molecule has 0 atom stereocenters. The van der Waals surface area contributed by atoms with Crippen molar-refractivity contribution in [2.45, 2.75) is 6.42 Å². The van der Waals surface area contributed by atoms with Gasteiger partial charge in [-0.3, -0.25) is 4.79 Å². The van der Waals surface area contributed by atoms with Gasteiger partial charge < -0.3 is 0 Å². The Kier molecular flexibility index (Phi) is 3.90. The van der Waals surface area contributed by atoms with Gasteiger partial charge in [0, 0.05) is 12.0 Å². The first kappa shape index (κ1) is 13.6. The minimum Gasteiger partial charge on any atom is -0.294 e. The van der Waals surface area contributed by atoms with Crippen molar-refractivity contribution in [1.29, 1.82) is 0 Å². The highest BCUT2D eigenvalue weighted by Gasteiger charge is 2.16. The van der Waals surface area contributed by atoms with Crippen LogP contribution < -0.4 is 0 Å². The van der Waals surface area contributed by atoms with Crippen molar-refractivity contribution in [2.24, 2.45) is 0 Å². The third-order valence-corrected chi connectivity index (χ3v) is 2.99. The van der Waals surface area contributed by atoms with E-state index in [9.17, 15) is 18.0 Å². The second kappa shape index (κ2) is 5.45. The second-order valence-electron chi connectivity index (χ2n) is 3.94. The Bertz CT molecular complexity index is 641. The number of rotatable bonds is 3. The molecule has 0 radical (unpaired) electrons. The summed E-state index contributed by atoms with van der Waals surface area (Å²) in [5, 5.41) is -0.315. The van der Waals surface area contributed by atoms with E-state index >= 15 is 0 Å². The molecule has 0 N–H and O–H groups in total. The van der Waals surface area contributed by atoms with E-state index in [4.69, 9.17) is 11.6 Å². The lowest BCUT2D eigenvalue weighted by Crippen LogP contribution is -2.07. The van der Waals surface area contributed by atoms with E-state index in [1.165, 1.54) is 12.1 Å². The van der Waals surface area contributed by atoms with Crippen molar-refractivity contribution in [3.8, 4) is 0 Å². The molecule has 0 spiro atoms. The molecule has 1 nitrogen and oxygen atoms in total. The molecule has 0 fully saturated rings. The first-order valence-electron chi connectivity index (χ1n) is 5.40. The average molecular weight is 285 g/mol. The number of carbonyl (C=O) groups excluding carboxylic acids is 1. The van der Waals surface area contributed by atoms with Crippen LogP contribution in [0.2, 0.25) is 5.02 Å². The summed E-state index contributed by atoms with van der Waals surface area (Å²) >= 11 is 5.66. The van der Waals surface area contributed by atoms with Gasteiger partial charge in [-0.2, -0.15) is 0 Å². The maximum absolute atomic E-state index is 13.4. The Morgan fingerprint density at radius 3 is 2.53 bits per heavy atom. The standard InChI is InChI=1S/C14H8ClF3O/c15-14-10(2-1-3-12(14)18)13(19)7-8-6-9(16)4-5-11(8)17/h1-6H,7H2. The van der Waals surface area contributed by atoms with Crippen molar-refractivity contribution < 1.29 is 18.0 Å². The number of halogens is 4. The Balaban J connectivity index is 2.31. The van der Waals surface area contributed by atoms with Gasteiger partial charge in [-0.05, 0) is 35.9 Å². The predicted molar refractivity (Wildman–Crippen MR) is 65.8 cm³/mol. The zero-order chi connectivity index (χ0) is 14.0. The van der Waals surface area contributed by atoms with Crippen LogP contribution >= 0.6 is 11.6 Å². The first-order chi connectivity index (χ1) is 8.99. The smallest absolute Gasteiger partial charge is 0.168 e. The highest BCUT2D eigenvalue weighted by atomic mass is 35.5. The van der Waals surface area contributed by atoms with Crippen LogP contribution in [0.15, 0.2) is 36.4 Å². The van der Waals surface area contributed by atoms with E-state index in [0.29, 0.717) is 0 Å². The van der Waals surface area contributed by atoms with Gasteiger partial charge in [0.2, 0.25) is 0 Å². The lowest BCUT2D eigenvalue weighted by atomic mass is 10.0. The zero-order valence-electron chi connectivity index (χ0n) is 9.59. The number of hydrogen-bond donors (Lipinski definition) is 0. The highest BCUT2D eigenvalue weighted by molar-refractivity contribution is 6.34. The van der Waals surface area contributed by atoms with Crippen LogP contribution in [0.5, 0.6) is 0 Å². The molecule has 0 aliphatic carbocycles. The molecule has 0 amide bonds. The van der Waals surface area contributed by atoms with Gasteiger partial charge >= 0.3 is 0 Å². The first-order valence-corrected chi connectivity index (χ1v) is 5.78. The van der Waals surface area contributed by atoms with E-state index in [2.05, 4.69) is 0 Å². The molecule has 19 heavy (non-hydrogen) atoms. The molecule has 0 aliphatic rings. The van der Waals surface area contributed by atoms with E-state index in [0.717, 1.165) is 24.3 Å². The number of Topliss-reactive ketones (excluding diaryl/α,β-unsaturated/α-hetero) is 1. The van der Waals surface area contributed by atoms with Gasteiger partial charge in [0.15, 0.2) is 5.78 Å². The van der Waals surface area contributed by atoms with Crippen LogP contribution in [0.4, 0.5) is 13.2 Å². The molecule has 0 aromatic heterocycles. The van der Waals surface area contributed by atoms with Crippen LogP contribution in [0.1, 0.15) is 15.9 Å². The van der Waals surface area contributed by atoms with Crippen molar-refractivity contribution in [3.05, 3.63) is 70.0 Å². The van der Waals surface area contributed by atoms with Crippen molar-refractivity contribution in [2.75, 3.05) is 0 Å². The molecular weight excluding hydrogens is 277 g/mol. The monoisotopic (exact) mass is 284 g/mol. The third-order valence-electron chi connectivity index (χ3n) is 2.61. The minimum absolute atomic E-state index is 0.0506. The van der Waals surface area contributed by atoms with Gasteiger partial charge in [-0.1, -0.05) is 17.7 Å². The molecule has 2 aromatic rings. The van der Waals surface area contributed by atoms with Crippen molar-refractivity contribution >= 4 is 17.4 Å². The molecule has 0 bridgehead atoms. The molecule has 0 unspecified atom stereocenters. The van der Waals surface area contributed by atoms with Crippen LogP contribution in [-0.4, -0.2) is 5.78 Å². The van der Waals surface area contributed by atoms with Crippen LogP contribution in [0, 0.1) is 17.5 Å². The van der Waals surface area contributed by atoms with E-state index in [1.807, 2.05) is 0 Å². The Hall–Kier alpha value is -1.81. The topological polar surface area (TPSA) is 17.1 Å². The fourth-order valence-corrected chi connectivity index (χ4v) is 1.90. The minimum atomic E-state index is -0.729. The van der Waals surface area contributed by atoms with Gasteiger partial charge in [-0.15, -0.1) is 0 Å². The zero-order valence-corrected chi connectivity index (χ0v) is 10.3. The van der Waals surface area contributed by atoms with Gasteiger partial charge in [-0.25, -0.2) is 13.2 Å². The lowest BCUT2D eigenvalue weighted by molar-refractivity contribution is 0.0991. The number of hydrogen-bond acceptors (Lipinski definition) is 1. The Morgan fingerprint density at radius 2 is 1.79 bits per heavy atom. The van der Waals surface area contributed by atoms with Gasteiger partial charge in [0.1, 0.15) is 17.5 Å². The van der Waals surface area contributed by atoms with Crippen molar-refractivity contribution in [3.63, 3.8) is 0 Å². The lowest BCUT2D eigenvalue weighted by Gasteiger charge is -2.05. The molecule has 98 valence electrons. The molecule has 5 heteroatoms. The molecule has 0 aliphatic heterocycles. The quantitative estimate of drug-likeness (QED) is 0.773. The summed E-state index contributed by atoms with van der Waals surface area (Å²) in [5.74, 6) is -2.64. The average Bonchev–Trinajstić information content (AvgIpc) is 2.37. The molecule has 2 aromatic carbocycles. The summed E-state index contributed by atoms with van der Waals surface area (Å²) in [6, 6.07) is 6.60. The summed E-state index contributed by atoms with van der Waals surface area (Å²) in [4.78, 5) is 11.9. The summed E-state index contributed by atoms with van der Waals surface area (Å²) in [7, 11) is 0. The molecular formula is C14H8ClF3O. The SMILES string of the molecule is O=C(Cc1cc(F)ccc1F)c1cccc(F)c1Cl. The summed E-state index contributed by atoms with van der Waals surface area (Å²) in [6.07, 6.45) is -0.382. The largest absolute Gasteiger partial charge is 0.294 e. The summed E-state index contributed by atoms with van der Waals surface area (Å²) in [6.45, 7) is 0. The highest BCUT2D eigenvalue weighted by Crippen LogP contribution is 2.22. The molecule has 0 heterocycles. The normalized spacial score (nSPS) is 10.5. The second-order valence-corrected chi connectivity index (χ2v) is 4.32. The molecule has 2 rings (SSSR count). The van der Waals surface area contributed by atoms with E-state index < -0.39 is 23.2 Å². The number of ketones is 1. The fraction of sp³-hybridized carbons (Fsp3) is 0.0714. The summed E-state index contributed by atoms with van der Waals surface area (Å²) in [5.41, 5.74) is -0.143. The number of benzene rings is 2. The Morgan fingerprint density at radius 1 is 1.05 bits per heavy atom. The summed E-state index contributed by atoms with van der Waals surface area (Å²) < 4.78 is 39.6. The fourth-order valence-electron chi connectivity index (χ4n) is 1.67. The van der Waals surface area contributed by atoms with Crippen LogP contribution in [-0.2, 0) is 6.42 Å². The van der Waals surface area contributed by atoms with E-state index in [-0.39, 0.29) is 22.6 Å². The number of carbonyl (C=O) groups is 1. The maximum atomic E-state index is 13.4.